The summed E-state index contributed by atoms with van der Waals surface area (Å²) in [5, 5.41) is 9.39. The normalized spacial score (nSPS) is 10.8. The zero-order valence-electron chi connectivity index (χ0n) is 13.9. The molecule has 0 aliphatic rings. The molecule has 0 bridgehead atoms. The predicted octanol–water partition coefficient (Wildman–Crippen LogP) is 5.21. The van der Waals surface area contributed by atoms with Crippen LogP contribution in [-0.2, 0) is 6.42 Å². The third-order valence-corrected chi connectivity index (χ3v) is 4.20. The summed E-state index contributed by atoms with van der Waals surface area (Å²) >= 11 is 0. The van der Waals surface area contributed by atoms with E-state index in [4.69, 9.17) is 0 Å². The van der Waals surface area contributed by atoms with Crippen LogP contribution in [0.15, 0.2) is 54.6 Å². The van der Waals surface area contributed by atoms with E-state index in [-0.39, 0.29) is 5.56 Å². The van der Waals surface area contributed by atoms with Gasteiger partial charge in [-0.05, 0) is 53.9 Å². The quantitative estimate of drug-likeness (QED) is 0.652. The topological polar surface area (TPSA) is 37.3 Å². The summed E-state index contributed by atoms with van der Waals surface area (Å²) in [6.45, 7) is 1.71. The van der Waals surface area contributed by atoms with E-state index < -0.39 is 41.0 Å². The molecule has 0 fully saturated rings. The summed E-state index contributed by atoms with van der Waals surface area (Å²) in [4.78, 5) is 12.6. The second kappa shape index (κ2) is 7.04. The van der Waals surface area contributed by atoms with E-state index in [1.165, 1.54) is 12.1 Å². The molecule has 5 heteroatoms. The minimum absolute atomic E-state index is 0.286. The number of rotatable bonds is 4. The number of hydrogen-bond acceptors (Lipinski definition) is 2. The lowest BCUT2D eigenvalue weighted by Gasteiger charge is -2.10. The Hall–Kier alpha value is -3.08. The second-order valence-corrected chi connectivity index (χ2v) is 6.00. The van der Waals surface area contributed by atoms with Crippen LogP contribution >= 0.6 is 0 Å². The molecule has 0 radical (unpaired) electrons. The van der Waals surface area contributed by atoms with Gasteiger partial charge in [-0.3, -0.25) is 4.79 Å². The zero-order valence-corrected chi connectivity index (χ0v) is 13.9. The summed E-state index contributed by atoms with van der Waals surface area (Å²) < 4.78 is 41.2. The highest BCUT2D eigenvalue weighted by atomic mass is 19.1. The van der Waals surface area contributed by atoms with Crippen LogP contribution in [-0.4, -0.2) is 10.9 Å². The van der Waals surface area contributed by atoms with Crippen LogP contribution < -0.4 is 0 Å². The Balaban J connectivity index is 1.98. The Morgan fingerprint density at radius 2 is 1.69 bits per heavy atom. The fourth-order valence-electron chi connectivity index (χ4n) is 2.77. The van der Waals surface area contributed by atoms with Crippen molar-refractivity contribution in [1.82, 2.24) is 0 Å². The van der Waals surface area contributed by atoms with Crippen molar-refractivity contribution in [2.75, 3.05) is 0 Å². The first-order chi connectivity index (χ1) is 12.4. The summed E-state index contributed by atoms with van der Waals surface area (Å²) in [5.74, 6) is -3.65. The molecule has 0 atom stereocenters. The molecule has 0 aromatic heterocycles. The molecule has 0 saturated carbocycles. The van der Waals surface area contributed by atoms with Gasteiger partial charge >= 0.3 is 0 Å². The Labute approximate surface area is 148 Å². The molecule has 0 unspecified atom stereocenters. The van der Waals surface area contributed by atoms with Crippen molar-refractivity contribution in [3.05, 3.63) is 88.7 Å². The minimum atomic E-state index is -1.14. The highest BCUT2D eigenvalue weighted by Gasteiger charge is 2.19. The fourth-order valence-corrected chi connectivity index (χ4v) is 2.77. The molecule has 26 heavy (non-hydrogen) atoms. The molecule has 132 valence electrons. The summed E-state index contributed by atoms with van der Waals surface area (Å²) in [6, 6.07) is 12.8. The maximum atomic E-state index is 13.9. The molecule has 0 amide bonds. The van der Waals surface area contributed by atoms with Crippen LogP contribution in [0.1, 0.15) is 21.5 Å². The molecule has 0 aliphatic carbocycles. The lowest BCUT2D eigenvalue weighted by Crippen LogP contribution is -2.09. The van der Waals surface area contributed by atoms with Gasteiger partial charge in [0.2, 0.25) is 0 Å². The largest absolute Gasteiger partial charge is 0.505 e. The van der Waals surface area contributed by atoms with Crippen LogP contribution in [0, 0.1) is 24.4 Å². The number of aryl methyl sites for hydroxylation is 1. The van der Waals surface area contributed by atoms with Gasteiger partial charge in [0, 0.05) is 17.5 Å². The van der Waals surface area contributed by atoms with E-state index in [9.17, 15) is 23.1 Å². The first-order valence-corrected chi connectivity index (χ1v) is 7.92. The van der Waals surface area contributed by atoms with Gasteiger partial charge in [0.1, 0.15) is 11.6 Å². The first-order valence-electron chi connectivity index (χ1n) is 7.92. The lowest BCUT2D eigenvalue weighted by molar-refractivity contribution is 0.0990. The zero-order chi connectivity index (χ0) is 18.8. The van der Waals surface area contributed by atoms with Crippen LogP contribution in [0.5, 0.6) is 5.75 Å². The predicted molar refractivity (Wildman–Crippen MR) is 92.6 cm³/mol. The van der Waals surface area contributed by atoms with Crippen molar-refractivity contribution in [1.29, 1.82) is 0 Å². The molecule has 1 N–H and O–H groups in total. The van der Waals surface area contributed by atoms with Crippen LogP contribution in [0.4, 0.5) is 13.2 Å². The van der Waals surface area contributed by atoms with Gasteiger partial charge in [0.15, 0.2) is 17.3 Å². The number of phenols is 1. The average molecular weight is 356 g/mol. The number of carbonyl (C=O) groups is 1. The molecule has 2 nitrogen and oxygen atoms in total. The Kier molecular flexibility index (Phi) is 4.80. The van der Waals surface area contributed by atoms with Gasteiger partial charge in [-0.1, -0.05) is 24.3 Å². The molecular formula is C21H15F3O2. The highest BCUT2D eigenvalue weighted by Crippen LogP contribution is 2.26. The maximum Gasteiger partial charge on any atom is 0.171 e. The number of hydrogen-bond donors (Lipinski definition) is 1. The van der Waals surface area contributed by atoms with E-state index in [2.05, 4.69) is 0 Å². The van der Waals surface area contributed by atoms with Gasteiger partial charge in [0.25, 0.3) is 0 Å². The van der Waals surface area contributed by atoms with Crippen molar-refractivity contribution in [3.8, 4) is 16.9 Å². The number of ketones is 1. The number of halogens is 3. The maximum absolute atomic E-state index is 13.9. The second-order valence-electron chi connectivity index (χ2n) is 6.00. The number of carbonyl (C=O) groups excluding carboxylic acids is 1. The molecule has 0 aliphatic heterocycles. The van der Waals surface area contributed by atoms with Crippen LogP contribution in [0.3, 0.4) is 0 Å². The van der Waals surface area contributed by atoms with Crippen molar-refractivity contribution < 1.29 is 23.1 Å². The smallest absolute Gasteiger partial charge is 0.171 e. The third-order valence-electron chi connectivity index (χ3n) is 4.20. The van der Waals surface area contributed by atoms with E-state index in [1.54, 1.807) is 37.3 Å². The Bertz CT molecular complexity index is 997. The summed E-state index contributed by atoms with van der Waals surface area (Å²) in [6.07, 6.45) is -0.528. The van der Waals surface area contributed by atoms with E-state index in [0.717, 1.165) is 12.1 Å². The van der Waals surface area contributed by atoms with Gasteiger partial charge in [-0.2, -0.15) is 0 Å². The summed E-state index contributed by atoms with van der Waals surface area (Å²) in [7, 11) is 0. The summed E-state index contributed by atoms with van der Waals surface area (Å²) in [5.41, 5.74) is 1.65. The molecule has 3 aromatic rings. The monoisotopic (exact) mass is 356 g/mol. The minimum Gasteiger partial charge on any atom is -0.505 e. The van der Waals surface area contributed by atoms with Crippen LogP contribution in [0.25, 0.3) is 11.1 Å². The number of benzene rings is 3. The molecule has 0 saturated heterocycles. The third kappa shape index (κ3) is 3.47. The molecule has 3 rings (SSSR count). The van der Waals surface area contributed by atoms with Gasteiger partial charge in [0.05, 0.1) is 0 Å². The number of aromatic hydroxyl groups is 1. The van der Waals surface area contributed by atoms with Gasteiger partial charge in [-0.25, -0.2) is 13.2 Å². The SMILES string of the molecule is Cc1ccc(-c2cccc(F)c2)cc1C(=O)Cc1c(F)ccc(O)c1F. The first kappa shape index (κ1) is 17.7. The van der Waals surface area contributed by atoms with Gasteiger partial charge in [-0.15, -0.1) is 0 Å². The number of Topliss-reactive ketones (excluding diaryl/α,β-unsaturated/α-hetero) is 1. The number of phenolic OH excluding ortho intramolecular Hbond substituents is 1. The van der Waals surface area contributed by atoms with E-state index in [0.29, 0.717) is 16.7 Å². The van der Waals surface area contributed by atoms with E-state index in [1.807, 2.05) is 0 Å². The van der Waals surface area contributed by atoms with E-state index >= 15 is 0 Å². The van der Waals surface area contributed by atoms with Crippen molar-refractivity contribution >= 4 is 5.78 Å². The molecule has 0 spiro atoms. The lowest BCUT2D eigenvalue weighted by atomic mass is 9.94. The molecular weight excluding hydrogens is 341 g/mol. The Morgan fingerprint density at radius 3 is 2.42 bits per heavy atom. The molecule has 3 aromatic carbocycles. The fraction of sp³-hybridized carbons (Fsp3) is 0.0952. The Morgan fingerprint density at radius 1 is 0.962 bits per heavy atom. The standard InChI is InChI=1S/C21H15F3O2/c1-12-5-6-14(13-3-2-4-15(22)9-13)10-16(12)20(26)11-17-18(23)7-8-19(25)21(17)24/h2-10,25H,11H2,1H3. The van der Waals surface area contributed by atoms with Crippen molar-refractivity contribution in [3.63, 3.8) is 0 Å². The van der Waals surface area contributed by atoms with Crippen molar-refractivity contribution in [2.24, 2.45) is 0 Å². The highest BCUT2D eigenvalue weighted by molar-refractivity contribution is 6.00. The average Bonchev–Trinajstić information content (AvgIpc) is 2.62. The van der Waals surface area contributed by atoms with Crippen LogP contribution in [0.2, 0.25) is 0 Å². The molecule has 0 heterocycles. The van der Waals surface area contributed by atoms with Crippen molar-refractivity contribution in [2.45, 2.75) is 13.3 Å². The van der Waals surface area contributed by atoms with Gasteiger partial charge < -0.3 is 5.11 Å².